The number of aryl methyl sites for hydroxylation is 3. The van der Waals surface area contributed by atoms with Crippen LogP contribution in [0.2, 0.25) is 0 Å². The predicted octanol–water partition coefficient (Wildman–Crippen LogP) is 3.24. The first kappa shape index (κ1) is 15.2. The van der Waals surface area contributed by atoms with Crippen LogP contribution in [0.4, 0.5) is 5.82 Å². The van der Waals surface area contributed by atoms with Crippen LogP contribution >= 0.6 is 0 Å². The molecule has 3 rings (SSSR count). The lowest BCUT2D eigenvalue weighted by Crippen LogP contribution is -2.08. The summed E-state index contributed by atoms with van der Waals surface area (Å²) >= 11 is 0. The summed E-state index contributed by atoms with van der Waals surface area (Å²) in [5, 5.41) is 16.0. The molecule has 0 bridgehead atoms. The quantitative estimate of drug-likeness (QED) is 0.786. The molecule has 0 aliphatic carbocycles. The van der Waals surface area contributed by atoms with Gasteiger partial charge in [-0.1, -0.05) is 29.3 Å². The molecular weight excluding hydrogens is 286 g/mol. The Labute approximate surface area is 136 Å². The van der Waals surface area contributed by atoms with Crippen molar-refractivity contribution in [2.75, 3.05) is 11.9 Å². The van der Waals surface area contributed by atoms with Gasteiger partial charge < -0.3 is 5.32 Å². The second-order valence-corrected chi connectivity index (χ2v) is 5.85. The maximum absolute atomic E-state index is 4.32. The highest BCUT2D eigenvalue weighted by Crippen LogP contribution is 2.10. The summed E-state index contributed by atoms with van der Waals surface area (Å²) in [6.45, 7) is 7.04. The largest absolute Gasteiger partial charge is 0.368 e. The second-order valence-electron chi connectivity index (χ2n) is 5.85. The monoisotopic (exact) mass is 307 g/mol. The number of benzene rings is 1. The molecule has 0 spiro atoms. The van der Waals surface area contributed by atoms with Gasteiger partial charge in [-0.05, 0) is 51.0 Å². The average molecular weight is 307 g/mol. The van der Waals surface area contributed by atoms with E-state index < -0.39 is 0 Å². The van der Waals surface area contributed by atoms with Crippen LogP contribution < -0.4 is 5.32 Å². The maximum atomic E-state index is 4.32. The SMILES string of the molecule is Cc1cc(C)cc(CCNc2ccc(-n3ccc(C)n3)nn2)c1. The summed E-state index contributed by atoms with van der Waals surface area (Å²) in [6, 6.07) is 12.4. The van der Waals surface area contributed by atoms with Crippen LogP contribution in [0.15, 0.2) is 42.6 Å². The standard InChI is InChI=1S/C18H21N5/c1-13-10-14(2)12-16(11-13)6-8-19-17-4-5-18(21-20-17)23-9-7-15(3)22-23/h4-5,7,9-12H,6,8H2,1-3H3,(H,19,20). The van der Waals surface area contributed by atoms with Crippen molar-refractivity contribution in [1.29, 1.82) is 0 Å². The lowest BCUT2D eigenvalue weighted by Gasteiger charge is -2.07. The fraction of sp³-hybridized carbons (Fsp3) is 0.278. The third kappa shape index (κ3) is 3.94. The van der Waals surface area contributed by atoms with Crippen LogP contribution in [-0.2, 0) is 6.42 Å². The van der Waals surface area contributed by atoms with Gasteiger partial charge in [-0.15, -0.1) is 10.2 Å². The zero-order valence-corrected chi connectivity index (χ0v) is 13.7. The summed E-state index contributed by atoms with van der Waals surface area (Å²) < 4.78 is 1.72. The van der Waals surface area contributed by atoms with E-state index in [0.29, 0.717) is 0 Å². The van der Waals surface area contributed by atoms with Crippen molar-refractivity contribution >= 4 is 5.82 Å². The summed E-state index contributed by atoms with van der Waals surface area (Å²) in [6.07, 6.45) is 2.84. The Kier molecular flexibility index (Phi) is 4.37. The molecule has 0 fully saturated rings. The minimum absolute atomic E-state index is 0.720. The van der Waals surface area contributed by atoms with Gasteiger partial charge in [-0.3, -0.25) is 0 Å². The van der Waals surface area contributed by atoms with Gasteiger partial charge in [0.25, 0.3) is 0 Å². The molecule has 2 heterocycles. The van der Waals surface area contributed by atoms with Crippen molar-refractivity contribution in [3.05, 3.63) is 65.0 Å². The lowest BCUT2D eigenvalue weighted by atomic mass is 10.1. The van der Waals surface area contributed by atoms with Gasteiger partial charge in [0.1, 0.15) is 5.82 Å². The molecule has 3 aromatic rings. The van der Waals surface area contributed by atoms with E-state index in [1.54, 1.807) is 4.68 Å². The molecule has 0 amide bonds. The van der Waals surface area contributed by atoms with Crippen molar-refractivity contribution in [3.8, 4) is 5.82 Å². The van der Waals surface area contributed by atoms with Crippen LogP contribution in [0.5, 0.6) is 0 Å². The van der Waals surface area contributed by atoms with E-state index in [1.165, 1.54) is 16.7 Å². The molecule has 0 radical (unpaired) electrons. The molecule has 1 N–H and O–H groups in total. The molecule has 0 atom stereocenters. The minimum Gasteiger partial charge on any atom is -0.368 e. The van der Waals surface area contributed by atoms with Crippen molar-refractivity contribution in [1.82, 2.24) is 20.0 Å². The Bertz CT molecular complexity index is 769. The molecule has 5 nitrogen and oxygen atoms in total. The topological polar surface area (TPSA) is 55.6 Å². The number of aromatic nitrogens is 4. The fourth-order valence-electron chi connectivity index (χ4n) is 2.63. The Balaban J connectivity index is 1.58. The average Bonchev–Trinajstić information content (AvgIpc) is 2.93. The molecule has 118 valence electrons. The van der Waals surface area contributed by atoms with Crippen molar-refractivity contribution < 1.29 is 0 Å². The highest BCUT2D eigenvalue weighted by molar-refractivity contribution is 5.37. The first-order valence-corrected chi connectivity index (χ1v) is 7.77. The third-order valence-electron chi connectivity index (χ3n) is 3.61. The van der Waals surface area contributed by atoms with Crippen LogP contribution in [0.1, 0.15) is 22.4 Å². The van der Waals surface area contributed by atoms with Crippen LogP contribution in [0, 0.1) is 20.8 Å². The third-order valence-corrected chi connectivity index (χ3v) is 3.61. The van der Waals surface area contributed by atoms with E-state index in [0.717, 1.165) is 30.3 Å². The first-order chi connectivity index (χ1) is 11.1. The molecule has 0 saturated heterocycles. The Morgan fingerprint density at radius 3 is 2.35 bits per heavy atom. The molecule has 5 heteroatoms. The minimum atomic E-state index is 0.720. The van der Waals surface area contributed by atoms with Crippen molar-refractivity contribution in [3.63, 3.8) is 0 Å². The molecule has 2 aromatic heterocycles. The summed E-state index contributed by atoms with van der Waals surface area (Å²) in [5.74, 6) is 1.50. The van der Waals surface area contributed by atoms with Crippen LogP contribution in [0.3, 0.4) is 0 Å². The molecule has 1 aromatic carbocycles. The van der Waals surface area contributed by atoms with Gasteiger partial charge in [0.15, 0.2) is 5.82 Å². The Hall–Kier alpha value is -2.69. The van der Waals surface area contributed by atoms with E-state index >= 15 is 0 Å². The van der Waals surface area contributed by atoms with E-state index in [-0.39, 0.29) is 0 Å². The summed E-state index contributed by atoms with van der Waals surface area (Å²) in [5.41, 5.74) is 4.91. The molecule has 0 aliphatic rings. The Morgan fingerprint density at radius 2 is 1.74 bits per heavy atom. The van der Waals surface area contributed by atoms with Crippen LogP contribution in [0.25, 0.3) is 5.82 Å². The molecule has 23 heavy (non-hydrogen) atoms. The van der Waals surface area contributed by atoms with E-state index in [1.807, 2.05) is 31.3 Å². The highest BCUT2D eigenvalue weighted by atomic mass is 15.3. The van der Waals surface area contributed by atoms with Gasteiger partial charge in [-0.25, -0.2) is 4.68 Å². The number of hydrogen-bond acceptors (Lipinski definition) is 4. The molecular formula is C18H21N5. The van der Waals surface area contributed by atoms with E-state index in [2.05, 4.69) is 52.7 Å². The van der Waals surface area contributed by atoms with Gasteiger partial charge in [0.05, 0.1) is 5.69 Å². The van der Waals surface area contributed by atoms with Gasteiger partial charge in [0.2, 0.25) is 0 Å². The van der Waals surface area contributed by atoms with Gasteiger partial charge >= 0.3 is 0 Å². The summed E-state index contributed by atoms with van der Waals surface area (Å²) in [7, 11) is 0. The number of anilines is 1. The van der Waals surface area contributed by atoms with E-state index in [9.17, 15) is 0 Å². The summed E-state index contributed by atoms with van der Waals surface area (Å²) in [4.78, 5) is 0. The predicted molar refractivity (Wildman–Crippen MR) is 92.0 cm³/mol. The number of rotatable bonds is 5. The Morgan fingerprint density at radius 1 is 0.957 bits per heavy atom. The normalized spacial score (nSPS) is 10.7. The molecule has 0 saturated carbocycles. The first-order valence-electron chi connectivity index (χ1n) is 7.77. The van der Waals surface area contributed by atoms with Crippen molar-refractivity contribution in [2.24, 2.45) is 0 Å². The van der Waals surface area contributed by atoms with Crippen molar-refractivity contribution in [2.45, 2.75) is 27.2 Å². The smallest absolute Gasteiger partial charge is 0.175 e. The van der Waals surface area contributed by atoms with Gasteiger partial charge in [-0.2, -0.15) is 5.10 Å². The van der Waals surface area contributed by atoms with E-state index in [4.69, 9.17) is 0 Å². The van der Waals surface area contributed by atoms with Crippen LogP contribution in [-0.4, -0.2) is 26.5 Å². The number of nitrogens with one attached hydrogen (secondary N) is 1. The highest BCUT2D eigenvalue weighted by Gasteiger charge is 2.02. The van der Waals surface area contributed by atoms with Gasteiger partial charge in [0, 0.05) is 12.7 Å². The maximum Gasteiger partial charge on any atom is 0.175 e. The zero-order valence-electron chi connectivity index (χ0n) is 13.7. The lowest BCUT2D eigenvalue weighted by molar-refractivity contribution is 0.803. The molecule has 0 aliphatic heterocycles. The zero-order chi connectivity index (χ0) is 16.2. The molecule has 0 unspecified atom stereocenters. The fourth-order valence-corrected chi connectivity index (χ4v) is 2.63. The number of hydrogen-bond donors (Lipinski definition) is 1. The number of nitrogens with zero attached hydrogens (tertiary/aromatic N) is 4. The second kappa shape index (κ2) is 6.60.